The van der Waals surface area contributed by atoms with Gasteiger partial charge in [-0.2, -0.15) is 0 Å². The molecule has 8 nitrogen and oxygen atoms in total. The van der Waals surface area contributed by atoms with Gasteiger partial charge >= 0.3 is 12.1 Å². The second-order valence-electron chi connectivity index (χ2n) is 6.18. The number of esters is 1. The zero-order valence-corrected chi connectivity index (χ0v) is 15.2. The van der Waals surface area contributed by atoms with Crippen molar-refractivity contribution in [1.82, 2.24) is 5.32 Å². The SMILES string of the molecule is COC(=O)NC(=O)[C@@H](C)OC(=O)[C@H]1CC(=O)N(c2cccc(C)c2C)C1. The molecule has 0 unspecified atom stereocenters. The molecular weight excluding hydrogens is 340 g/mol. The standard InChI is InChI=1S/C18H22N2O6/c1-10-6-5-7-14(11(10)2)20-9-13(8-15(20)21)17(23)26-12(3)16(22)19-18(24)25-4/h5-7,12-13H,8-9H2,1-4H3,(H,19,22,24)/t12-,13+/m1/s1. The van der Waals surface area contributed by atoms with Crippen LogP contribution in [0.25, 0.3) is 0 Å². The van der Waals surface area contributed by atoms with E-state index in [1.165, 1.54) is 6.92 Å². The first-order chi connectivity index (χ1) is 12.2. The van der Waals surface area contributed by atoms with Gasteiger partial charge in [0.2, 0.25) is 5.91 Å². The smallest absolute Gasteiger partial charge is 0.413 e. The molecule has 0 aliphatic carbocycles. The summed E-state index contributed by atoms with van der Waals surface area (Å²) in [5.41, 5.74) is 2.79. The summed E-state index contributed by atoms with van der Waals surface area (Å²) in [6.45, 7) is 5.40. The fourth-order valence-corrected chi connectivity index (χ4v) is 2.70. The van der Waals surface area contributed by atoms with Gasteiger partial charge < -0.3 is 14.4 Å². The van der Waals surface area contributed by atoms with Crippen molar-refractivity contribution in [1.29, 1.82) is 0 Å². The van der Waals surface area contributed by atoms with Gasteiger partial charge in [0.1, 0.15) is 0 Å². The quantitative estimate of drug-likeness (QED) is 0.814. The molecule has 1 N–H and O–H groups in total. The number of methoxy groups -OCH3 is 1. The highest BCUT2D eigenvalue weighted by atomic mass is 16.6. The van der Waals surface area contributed by atoms with E-state index in [2.05, 4.69) is 4.74 Å². The lowest BCUT2D eigenvalue weighted by molar-refractivity contribution is -0.158. The Balaban J connectivity index is 2.01. The lowest BCUT2D eigenvalue weighted by atomic mass is 10.1. The lowest BCUT2D eigenvalue weighted by Gasteiger charge is -2.20. The Hall–Kier alpha value is -2.90. The average Bonchev–Trinajstić information content (AvgIpc) is 2.98. The van der Waals surface area contributed by atoms with Crippen LogP contribution in [0.2, 0.25) is 0 Å². The Labute approximate surface area is 151 Å². The number of nitrogens with one attached hydrogen (secondary N) is 1. The summed E-state index contributed by atoms with van der Waals surface area (Å²) in [6.07, 6.45) is -2.10. The van der Waals surface area contributed by atoms with E-state index >= 15 is 0 Å². The molecule has 0 saturated carbocycles. The van der Waals surface area contributed by atoms with Gasteiger partial charge in [0.15, 0.2) is 6.10 Å². The number of hydrogen-bond donors (Lipinski definition) is 1. The molecule has 2 atom stereocenters. The number of amides is 3. The number of alkyl carbamates (subject to hydrolysis) is 1. The predicted molar refractivity (Wildman–Crippen MR) is 92.5 cm³/mol. The first kappa shape index (κ1) is 19.4. The van der Waals surface area contributed by atoms with Crippen molar-refractivity contribution < 1.29 is 28.7 Å². The average molecular weight is 362 g/mol. The summed E-state index contributed by atoms with van der Waals surface area (Å²) in [7, 11) is 1.12. The molecule has 0 spiro atoms. The third kappa shape index (κ3) is 4.19. The van der Waals surface area contributed by atoms with Crippen molar-refractivity contribution in [2.24, 2.45) is 5.92 Å². The van der Waals surface area contributed by atoms with Crippen LogP contribution in [0.3, 0.4) is 0 Å². The second kappa shape index (κ2) is 7.99. The molecule has 3 amide bonds. The lowest BCUT2D eigenvalue weighted by Crippen LogP contribution is -2.40. The highest BCUT2D eigenvalue weighted by Crippen LogP contribution is 2.30. The Bertz CT molecular complexity index is 745. The van der Waals surface area contributed by atoms with E-state index in [1.54, 1.807) is 4.90 Å². The number of rotatable bonds is 4. The van der Waals surface area contributed by atoms with Crippen molar-refractivity contribution in [2.75, 3.05) is 18.6 Å². The number of imide groups is 1. The summed E-state index contributed by atoms with van der Waals surface area (Å²) in [5, 5.41) is 1.93. The Morgan fingerprint density at radius 2 is 1.96 bits per heavy atom. The molecule has 1 aliphatic heterocycles. The summed E-state index contributed by atoms with van der Waals surface area (Å²) in [4.78, 5) is 48.9. The Morgan fingerprint density at radius 1 is 1.27 bits per heavy atom. The number of aryl methyl sites for hydroxylation is 1. The topological polar surface area (TPSA) is 102 Å². The monoisotopic (exact) mass is 362 g/mol. The summed E-state index contributed by atoms with van der Waals surface area (Å²) >= 11 is 0. The Morgan fingerprint density at radius 3 is 2.62 bits per heavy atom. The van der Waals surface area contributed by atoms with Gasteiger partial charge in [0.25, 0.3) is 5.91 Å². The van der Waals surface area contributed by atoms with Gasteiger partial charge in [-0.1, -0.05) is 12.1 Å². The van der Waals surface area contributed by atoms with E-state index in [1.807, 2.05) is 37.4 Å². The molecule has 26 heavy (non-hydrogen) atoms. The molecule has 1 heterocycles. The number of hydrogen-bond acceptors (Lipinski definition) is 6. The predicted octanol–water partition coefficient (Wildman–Crippen LogP) is 1.47. The molecule has 1 aromatic carbocycles. The maximum absolute atomic E-state index is 12.3. The van der Waals surface area contributed by atoms with Crippen LogP contribution in [0.5, 0.6) is 0 Å². The minimum atomic E-state index is -1.17. The highest BCUT2D eigenvalue weighted by molar-refractivity contribution is 6.00. The normalized spacial score (nSPS) is 17.6. The van der Waals surface area contributed by atoms with E-state index < -0.39 is 30.0 Å². The first-order valence-electron chi connectivity index (χ1n) is 8.20. The number of carbonyl (C=O) groups excluding carboxylic acids is 4. The van der Waals surface area contributed by atoms with Crippen LogP contribution in [0.15, 0.2) is 18.2 Å². The van der Waals surface area contributed by atoms with Gasteiger partial charge in [0.05, 0.1) is 13.0 Å². The summed E-state index contributed by atoms with van der Waals surface area (Å²) in [6, 6.07) is 5.64. The van der Waals surface area contributed by atoms with Crippen LogP contribution in [0.1, 0.15) is 24.5 Å². The van der Waals surface area contributed by atoms with Gasteiger partial charge in [0, 0.05) is 18.7 Å². The van der Waals surface area contributed by atoms with Crippen LogP contribution in [-0.4, -0.2) is 43.6 Å². The van der Waals surface area contributed by atoms with Gasteiger partial charge in [-0.15, -0.1) is 0 Å². The molecule has 0 aromatic heterocycles. The number of carbonyl (C=O) groups is 4. The van der Waals surface area contributed by atoms with Crippen molar-refractivity contribution >= 4 is 29.6 Å². The van der Waals surface area contributed by atoms with Crippen molar-refractivity contribution in [2.45, 2.75) is 33.3 Å². The third-order valence-corrected chi connectivity index (χ3v) is 4.40. The van der Waals surface area contributed by atoms with E-state index in [0.29, 0.717) is 0 Å². The zero-order valence-electron chi connectivity index (χ0n) is 15.2. The number of benzene rings is 1. The zero-order chi connectivity index (χ0) is 19.4. The van der Waals surface area contributed by atoms with Crippen molar-refractivity contribution in [3.05, 3.63) is 29.3 Å². The minimum Gasteiger partial charge on any atom is -0.453 e. The number of ether oxygens (including phenoxy) is 2. The van der Waals surface area contributed by atoms with E-state index in [9.17, 15) is 19.2 Å². The first-order valence-corrected chi connectivity index (χ1v) is 8.20. The summed E-state index contributed by atoms with van der Waals surface area (Å²) in [5.74, 6) is -2.29. The largest absolute Gasteiger partial charge is 0.453 e. The second-order valence-corrected chi connectivity index (χ2v) is 6.18. The molecule has 8 heteroatoms. The third-order valence-electron chi connectivity index (χ3n) is 4.40. The van der Waals surface area contributed by atoms with E-state index in [-0.39, 0.29) is 18.9 Å². The van der Waals surface area contributed by atoms with E-state index in [0.717, 1.165) is 23.9 Å². The fraction of sp³-hybridized carbons (Fsp3) is 0.444. The maximum Gasteiger partial charge on any atom is 0.413 e. The minimum absolute atomic E-state index is 0.0115. The van der Waals surface area contributed by atoms with Crippen LogP contribution in [0, 0.1) is 19.8 Å². The number of anilines is 1. The Kier molecular flexibility index (Phi) is 5.97. The molecule has 1 aliphatic rings. The molecule has 1 aromatic rings. The van der Waals surface area contributed by atoms with Gasteiger partial charge in [-0.05, 0) is 38.0 Å². The fourth-order valence-electron chi connectivity index (χ4n) is 2.70. The van der Waals surface area contributed by atoms with Crippen LogP contribution in [0.4, 0.5) is 10.5 Å². The van der Waals surface area contributed by atoms with Gasteiger partial charge in [-0.25, -0.2) is 4.79 Å². The molecule has 0 radical (unpaired) electrons. The molecule has 140 valence electrons. The molecule has 0 bridgehead atoms. The van der Waals surface area contributed by atoms with Crippen molar-refractivity contribution in [3.63, 3.8) is 0 Å². The maximum atomic E-state index is 12.3. The van der Waals surface area contributed by atoms with Crippen LogP contribution < -0.4 is 10.2 Å². The molecule has 1 saturated heterocycles. The molecule has 1 fully saturated rings. The number of nitrogens with zero attached hydrogens (tertiary/aromatic N) is 1. The van der Waals surface area contributed by atoms with Crippen LogP contribution >= 0.6 is 0 Å². The van der Waals surface area contributed by atoms with Crippen LogP contribution in [-0.2, 0) is 23.9 Å². The molecule has 2 rings (SSSR count). The highest BCUT2D eigenvalue weighted by Gasteiger charge is 2.38. The van der Waals surface area contributed by atoms with E-state index in [4.69, 9.17) is 4.74 Å². The molecular formula is C18H22N2O6. The van der Waals surface area contributed by atoms with Crippen molar-refractivity contribution in [3.8, 4) is 0 Å². The van der Waals surface area contributed by atoms with Gasteiger partial charge in [-0.3, -0.25) is 19.7 Å². The summed E-state index contributed by atoms with van der Waals surface area (Å²) < 4.78 is 9.40.